The van der Waals surface area contributed by atoms with Crippen LogP contribution in [0.15, 0.2) is 0 Å². The number of aliphatic hydroxyl groups excluding tert-OH is 1. The first-order chi connectivity index (χ1) is 4.96. The van der Waals surface area contributed by atoms with E-state index in [2.05, 4.69) is 27.7 Å². The van der Waals surface area contributed by atoms with E-state index in [1.54, 1.807) is 0 Å². The fourth-order valence-corrected chi connectivity index (χ4v) is 1.99. The molecule has 1 nitrogen and oxygen atoms in total. The van der Waals surface area contributed by atoms with Crippen LogP contribution in [0.25, 0.3) is 0 Å². The average molecular weight is 156 g/mol. The molecule has 0 aromatic carbocycles. The second-order valence-corrected chi connectivity index (χ2v) is 4.66. The van der Waals surface area contributed by atoms with E-state index in [1.807, 2.05) is 0 Å². The highest BCUT2D eigenvalue weighted by molar-refractivity contribution is 4.89. The monoisotopic (exact) mass is 156 g/mol. The Morgan fingerprint density at radius 1 is 1.18 bits per heavy atom. The Balaban J connectivity index is 2.72. The topological polar surface area (TPSA) is 20.2 Å². The molecular weight excluding hydrogens is 136 g/mol. The lowest BCUT2D eigenvalue weighted by molar-refractivity contribution is -0.0314. The van der Waals surface area contributed by atoms with E-state index in [0.717, 1.165) is 12.3 Å². The van der Waals surface area contributed by atoms with Crippen molar-refractivity contribution in [1.82, 2.24) is 0 Å². The van der Waals surface area contributed by atoms with Gasteiger partial charge in [0.2, 0.25) is 0 Å². The Morgan fingerprint density at radius 3 is 2.18 bits per heavy atom. The van der Waals surface area contributed by atoms with E-state index in [-0.39, 0.29) is 6.10 Å². The number of hydrogen-bond donors (Lipinski definition) is 1. The van der Waals surface area contributed by atoms with Gasteiger partial charge in [-0.3, -0.25) is 0 Å². The maximum Gasteiger partial charge on any atom is 0.0571 e. The van der Waals surface area contributed by atoms with Gasteiger partial charge in [0.15, 0.2) is 0 Å². The van der Waals surface area contributed by atoms with Crippen LogP contribution in [0.2, 0.25) is 0 Å². The van der Waals surface area contributed by atoms with Crippen LogP contribution in [-0.4, -0.2) is 11.2 Å². The van der Waals surface area contributed by atoms with Gasteiger partial charge in [0.05, 0.1) is 6.10 Å². The van der Waals surface area contributed by atoms with Crippen LogP contribution < -0.4 is 0 Å². The Hall–Kier alpha value is -0.0400. The molecule has 0 bridgehead atoms. The molecule has 3 atom stereocenters. The maximum atomic E-state index is 9.63. The summed E-state index contributed by atoms with van der Waals surface area (Å²) in [5, 5.41) is 9.63. The Bertz CT molecular complexity index is 140. The molecule has 1 N–H and O–H groups in total. The minimum atomic E-state index is -0.0683. The van der Waals surface area contributed by atoms with Crippen LogP contribution >= 0.6 is 0 Å². The Labute approximate surface area is 69.8 Å². The molecule has 0 amide bonds. The molecule has 1 saturated carbocycles. The molecule has 0 radical (unpaired) electrons. The van der Waals surface area contributed by atoms with Gasteiger partial charge in [0.1, 0.15) is 0 Å². The second kappa shape index (κ2) is 2.78. The molecule has 3 unspecified atom stereocenters. The molecule has 1 fully saturated rings. The predicted molar refractivity (Wildman–Crippen MR) is 47.3 cm³/mol. The first kappa shape index (κ1) is 9.05. The van der Waals surface area contributed by atoms with Crippen LogP contribution in [-0.2, 0) is 0 Å². The molecule has 0 spiro atoms. The Kier molecular flexibility index (Phi) is 2.29. The lowest BCUT2D eigenvalue weighted by Crippen LogP contribution is -2.41. The van der Waals surface area contributed by atoms with Crippen molar-refractivity contribution in [2.24, 2.45) is 17.3 Å². The zero-order chi connectivity index (χ0) is 8.65. The van der Waals surface area contributed by atoms with E-state index in [1.165, 1.54) is 6.42 Å². The minimum absolute atomic E-state index is 0.0683. The summed E-state index contributed by atoms with van der Waals surface area (Å²) < 4.78 is 0. The number of hydrogen-bond acceptors (Lipinski definition) is 1. The van der Waals surface area contributed by atoms with Crippen molar-refractivity contribution in [3.05, 3.63) is 0 Å². The van der Waals surface area contributed by atoms with Crippen molar-refractivity contribution < 1.29 is 5.11 Å². The molecule has 1 aliphatic carbocycles. The molecule has 66 valence electrons. The van der Waals surface area contributed by atoms with Crippen molar-refractivity contribution in [3.63, 3.8) is 0 Å². The van der Waals surface area contributed by atoms with Crippen LogP contribution in [0, 0.1) is 17.3 Å². The third-order valence-electron chi connectivity index (χ3n) is 3.92. The predicted octanol–water partition coefficient (Wildman–Crippen LogP) is 2.44. The van der Waals surface area contributed by atoms with Crippen LogP contribution in [0.5, 0.6) is 0 Å². The summed E-state index contributed by atoms with van der Waals surface area (Å²) in [7, 11) is 0. The smallest absolute Gasteiger partial charge is 0.0571 e. The molecule has 0 aromatic rings. The van der Waals surface area contributed by atoms with Crippen LogP contribution in [0.3, 0.4) is 0 Å². The van der Waals surface area contributed by atoms with Crippen LogP contribution in [0.4, 0.5) is 0 Å². The average Bonchev–Trinajstić information content (AvgIpc) is 1.95. The summed E-state index contributed by atoms with van der Waals surface area (Å²) in [6.07, 6.45) is 2.10. The Morgan fingerprint density at radius 2 is 1.73 bits per heavy atom. The summed E-state index contributed by atoms with van der Waals surface area (Å²) in [6, 6.07) is 0. The molecule has 0 aliphatic heterocycles. The lowest BCUT2D eigenvalue weighted by Gasteiger charge is -2.44. The van der Waals surface area contributed by atoms with Crippen molar-refractivity contribution in [1.29, 1.82) is 0 Å². The molecule has 0 heterocycles. The standard InChI is InChI=1S/C10H20O/c1-7-5-6-9(11)8(2)10(7,3)4/h7-9,11H,5-6H2,1-4H3. The van der Waals surface area contributed by atoms with Crippen molar-refractivity contribution in [2.45, 2.75) is 46.6 Å². The highest BCUT2D eigenvalue weighted by atomic mass is 16.3. The molecular formula is C10H20O. The van der Waals surface area contributed by atoms with Crippen molar-refractivity contribution >= 4 is 0 Å². The highest BCUT2D eigenvalue weighted by Crippen LogP contribution is 2.44. The van der Waals surface area contributed by atoms with Gasteiger partial charge in [-0.05, 0) is 30.1 Å². The van der Waals surface area contributed by atoms with Gasteiger partial charge in [0.25, 0.3) is 0 Å². The summed E-state index contributed by atoms with van der Waals surface area (Å²) >= 11 is 0. The molecule has 0 aromatic heterocycles. The minimum Gasteiger partial charge on any atom is -0.393 e. The molecule has 1 aliphatic rings. The first-order valence-corrected chi connectivity index (χ1v) is 4.64. The molecule has 1 rings (SSSR count). The zero-order valence-corrected chi connectivity index (χ0v) is 8.09. The fourth-order valence-electron chi connectivity index (χ4n) is 1.99. The third-order valence-corrected chi connectivity index (χ3v) is 3.92. The second-order valence-electron chi connectivity index (χ2n) is 4.66. The van der Waals surface area contributed by atoms with E-state index in [9.17, 15) is 5.11 Å². The normalized spacial score (nSPS) is 43.9. The van der Waals surface area contributed by atoms with Gasteiger partial charge in [-0.2, -0.15) is 0 Å². The number of rotatable bonds is 0. The largest absolute Gasteiger partial charge is 0.393 e. The summed E-state index contributed by atoms with van der Waals surface area (Å²) in [4.78, 5) is 0. The lowest BCUT2D eigenvalue weighted by atomic mass is 9.62. The van der Waals surface area contributed by atoms with Crippen molar-refractivity contribution in [3.8, 4) is 0 Å². The highest BCUT2D eigenvalue weighted by Gasteiger charge is 2.39. The molecule has 11 heavy (non-hydrogen) atoms. The molecule has 0 saturated heterocycles. The van der Waals surface area contributed by atoms with E-state index in [4.69, 9.17) is 0 Å². The molecule has 1 heteroatoms. The SMILES string of the molecule is CC1CCC(O)C(C)C1(C)C. The van der Waals surface area contributed by atoms with E-state index >= 15 is 0 Å². The zero-order valence-electron chi connectivity index (χ0n) is 8.09. The summed E-state index contributed by atoms with van der Waals surface area (Å²) in [5.74, 6) is 1.20. The van der Waals surface area contributed by atoms with Gasteiger partial charge < -0.3 is 5.11 Å². The fraction of sp³-hybridized carbons (Fsp3) is 1.00. The van der Waals surface area contributed by atoms with Crippen molar-refractivity contribution in [2.75, 3.05) is 0 Å². The summed E-state index contributed by atoms with van der Waals surface area (Å²) in [5.41, 5.74) is 0.317. The van der Waals surface area contributed by atoms with Gasteiger partial charge in [-0.15, -0.1) is 0 Å². The quantitative estimate of drug-likeness (QED) is 0.571. The van der Waals surface area contributed by atoms with E-state index in [0.29, 0.717) is 11.3 Å². The first-order valence-electron chi connectivity index (χ1n) is 4.64. The maximum absolute atomic E-state index is 9.63. The summed E-state index contributed by atoms with van der Waals surface area (Å²) in [6.45, 7) is 9.00. The number of aliphatic hydroxyl groups is 1. The van der Waals surface area contributed by atoms with Gasteiger partial charge in [-0.1, -0.05) is 27.7 Å². The van der Waals surface area contributed by atoms with Gasteiger partial charge in [0, 0.05) is 0 Å². The van der Waals surface area contributed by atoms with Gasteiger partial charge in [-0.25, -0.2) is 0 Å². The van der Waals surface area contributed by atoms with Gasteiger partial charge >= 0.3 is 0 Å². The third kappa shape index (κ3) is 1.44. The van der Waals surface area contributed by atoms with E-state index < -0.39 is 0 Å². The van der Waals surface area contributed by atoms with Crippen LogP contribution in [0.1, 0.15) is 40.5 Å².